The van der Waals surface area contributed by atoms with Gasteiger partial charge in [0.15, 0.2) is 5.96 Å². The van der Waals surface area contributed by atoms with E-state index in [1.807, 2.05) is 50.4 Å². The molecule has 26 heavy (non-hydrogen) atoms. The number of rotatable bonds is 4. The van der Waals surface area contributed by atoms with Crippen LogP contribution in [0.3, 0.4) is 0 Å². The molecule has 2 aromatic rings. The van der Waals surface area contributed by atoms with Crippen molar-refractivity contribution in [3.8, 4) is 5.75 Å². The van der Waals surface area contributed by atoms with E-state index in [0.29, 0.717) is 13.2 Å². The third-order valence-electron chi connectivity index (χ3n) is 4.39. The minimum Gasteiger partial charge on any atom is -0.493 e. The fraction of sp³-hybridized carbons (Fsp3) is 0.444. The van der Waals surface area contributed by atoms with E-state index in [0.717, 1.165) is 29.8 Å². The van der Waals surface area contributed by atoms with Crippen LogP contribution in [0.1, 0.15) is 23.7 Å². The van der Waals surface area contributed by atoms with E-state index in [-0.39, 0.29) is 30.0 Å². The zero-order chi connectivity index (χ0) is 17.8. The molecule has 1 aliphatic heterocycles. The molecular formula is C18H27IN6O. The molecule has 2 heterocycles. The molecule has 0 radical (unpaired) electrons. The molecule has 0 saturated heterocycles. The van der Waals surface area contributed by atoms with Crippen LogP contribution in [0.2, 0.25) is 0 Å². The standard InChI is InChI=1S/C18H26N6O.HI/c1-19-17(20-11-13-12-21-18(23(2)3)24(13)4)22-15-9-10-25-16-8-6-5-7-14(15)16;/h5-8,12,15H,9-11H2,1-4H3,(H2,19,20,22);1H. The Balaban J connectivity index is 0.00000243. The number of halogens is 1. The van der Waals surface area contributed by atoms with Gasteiger partial charge in [-0.05, 0) is 6.07 Å². The maximum Gasteiger partial charge on any atom is 0.204 e. The van der Waals surface area contributed by atoms with Gasteiger partial charge >= 0.3 is 0 Å². The van der Waals surface area contributed by atoms with E-state index >= 15 is 0 Å². The van der Waals surface area contributed by atoms with Crippen LogP contribution in [-0.2, 0) is 13.6 Å². The first kappa shape index (κ1) is 20.3. The predicted molar refractivity (Wildman–Crippen MR) is 116 cm³/mol. The van der Waals surface area contributed by atoms with Crippen LogP contribution in [0.25, 0.3) is 0 Å². The average molecular weight is 470 g/mol. The Labute approximate surface area is 171 Å². The van der Waals surface area contributed by atoms with Crippen molar-refractivity contribution in [2.45, 2.75) is 19.0 Å². The summed E-state index contributed by atoms with van der Waals surface area (Å²) in [5, 5.41) is 6.88. The van der Waals surface area contributed by atoms with Gasteiger partial charge in [-0.2, -0.15) is 0 Å². The normalized spacial score (nSPS) is 16.2. The van der Waals surface area contributed by atoms with Crippen LogP contribution in [0.15, 0.2) is 35.5 Å². The summed E-state index contributed by atoms with van der Waals surface area (Å²) < 4.78 is 7.80. The first-order chi connectivity index (χ1) is 12.1. The molecule has 1 aromatic carbocycles. The van der Waals surface area contributed by atoms with Gasteiger partial charge in [-0.3, -0.25) is 4.99 Å². The highest BCUT2D eigenvalue weighted by Crippen LogP contribution is 2.31. The smallest absolute Gasteiger partial charge is 0.204 e. The van der Waals surface area contributed by atoms with Crippen molar-refractivity contribution in [1.82, 2.24) is 20.2 Å². The summed E-state index contributed by atoms with van der Waals surface area (Å²) in [6.45, 7) is 1.36. The first-order valence-electron chi connectivity index (χ1n) is 8.47. The van der Waals surface area contributed by atoms with Gasteiger partial charge in [0.2, 0.25) is 5.95 Å². The lowest BCUT2D eigenvalue weighted by molar-refractivity contribution is 0.261. The molecule has 1 unspecified atom stereocenters. The predicted octanol–water partition coefficient (Wildman–Crippen LogP) is 2.29. The molecule has 0 bridgehead atoms. The van der Waals surface area contributed by atoms with Crippen molar-refractivity contribution in [3.63, 3.8) is 0 Å². The highest BCUT2D eigenvalue weighted by molar-refractivity contribution is 14.0. The van der Waals surface area contributed by atoms with Crippen molar-refractivity contribution in [3.05, 3.63) is 41.7 Å². The van der Waals surface area contributed by atoms with Gasteiger partial charge in [0.05, 0.1) is 31.1 Å². The van der Waals surface area contributed by atoms with E-state index in [2.05, 4.69) is 31.2 Å². The summed E-state index contributed by atoms with van der Waals surface area (Å²) in [7, 11) is 7.78. The number of anilines is 1. The lowest BCUT2D eigenvalue weighted by Crippen LogP contribution is -2.40. The van der Waals surface area contributed by atoms with Crippen molar-refractivity contribution >= 4 is 35.9 Å². The Bertz CT molecular complexity index is 758. The molecule has 1 aliphatic rings. The van der Waals surface area contributed by atoms with Crippen LogP contribution in [-0.4, -0.2) is 43.3 Å². The molecular weight excluding hydrogens is 443 g/mol. The van der Waals surface area contributed by atoms with Crippen LogP contribution < -0.4 is 20.3 Å². The first-order valence-corrected chi connectivity index (χ1v) is 8.47. The monoisotopic (exact) mass is 470 g/mol. The Morgan fingerprint density at radius 3 is 2.85 bits per heavy atom. The molecule has 3 rings (SSSR count). The Hall–Kier alpha value is -1.97. The number of hydrogen-bond donors (Lipinski definition) is 2. The van der Waals surface area contributed by atoms with Crippen LogP contribution >= 0.6 is 24.0 Å². The van der Waals surface area contributed by atoms with Gasteiger partial charge in [0.25, 0.3) is 0 Å². The van der Waals surface area contributed by atoms with Crippen molar-refractivity contribution < 1.29 is 4.74 Å². The van der Waals surface area contributed by atoms with Gasteiger partial charge < -0.3 is 24.8 Å². The number of fused-ring (bicyclic) bond motifs is 1. The van der Waals surface area contributed by atoms with E-state index in [4.69, 9.17) is 4.74 Å². The minimum atomic E-state index is 0. The molecule has 0 spiro atoms. The number of aliphatic imine (C=N–C) groups is 1. The number of guanidine groups is 1. The number of para-hydroxylation sites is 1. The second-order valence-electron chi connectivity index (χ2n) is 6.30. The summed E-state index contributed by atoms with van der Waals surface area (Å²) >= 11 is 0. The minimum absolute atomic E-state index is 0. The van der Waals surface area contributed by atoms with Gasteiger partial charge in [-0.1, -0.05) is 18.2 Å². The SMILES string of the molecule is CN=C(NCc1cnc(N(C)C)n1C)NC1CCOc2ccccc21.I. The van der Waals surface area contributed by atoms with Crippen molar-refractivity contribution in [2.24, 2.45) is 12.0 Å². The number of nitrogens with zero attached hydrogens (tertiary/aromatic N) is 4. The van der Waals surface area contributed by atoms with Gasteiger partial charge in [-0.15, -0.1) is 24.0 Å². The number of hydrogen-bond acceptors (Lipinski definition) is 4. The molecule has 142 valence electrons. The van der Waals surface area contributed by atoms with Gasteiger partial charge in [0, 0.05) is 40.2 Å². The Morgan fingerprint density at radius 2 is 2.15 bits per heavy atom. The molecule has 0 amide bonds. The third-order valence-corrected chi connectivity index (χ3v) is 4.39. The molecule has 8 heteroatoms. The van der Waals surface area contributed by atoms with Crippen molar-refractivity contribution in [1.29, 1.82) is 0 Å². The van der Waals surface area contributed by atoms with Crippen LogP contribution in [0.4, 0.5) is 5.95 Å². The molecule has 2 N–H and O–H groups in total. The Kier molecular flexibility index (Phi) is 7.13. The number of ether oxygens (including phenoxy) is 1. The van der Waals surface area contributed by atoms with E-state index in [1.165, 1.54) is 5.56 Å². The van der Waals surface area contributed by atoms with Crippen LogP contribution in [0, 0.1) is 0 Å². The summed E-state index contributed by atoms with van der Waals surface area (Å²) in [6.07, 6.45) is 2.80. The van der Waals surface area contributed by atoms with E-state index in [9.17, 15) is 0 Å². The van der Waals surface area contributed by atoms with Crippen LogP contribution in [0.5, 0.6) is 5.75 Å². The summed E-state index contributed by atoms with van der Waals surface area (Å²) in [4.78, 5) is 10.8. The van der Waals surface area contributed by atoms with Crippen molar-refractivity contribution in [2.75, 3.05) is 32.6 Å². The molecule has 1 atom stereocenters. The number of nitrogens with one attached hydrogen (secondary N) is 2. The number of benzene rings is 1. The summed E-state index contributed by atoms with van der Waals surface area (Å²) in [6, 6.07) is 8.34. The fourth-order valence-electron chi connectivity index (χ4n) is 3.04. The maximum atomic E-state index is 5.72. The topological polar surface area (TPSA) is 66.7 Å². The highest BCUT2D eigenvalue weighted by atomic mass is 127. The second-order valence-corrected chi connectivity index (χ2v) is 6.30. The average Bonchev–Trinajstić information content (AvgIpc) is 2.99. The second kappa shape index (κ2) is 9.11. The molecule has 1 aromatic heterocycles. The van der Waals surface area contributed by atoms with Gasteiger partial charge in [0.1, 0.15) is 5.75 Å². The van der Waals surface area contributed by atoms with E-state index < -0.39 is 0 Å². The summed E-state index contributed by atoms with van der Waals surface area (Å²) in [5.41, 5.74) is 2.27. The molecule has 0 aliphatic carbocycles. The van der Waals surface area contributed by atoms with E-state index in [1.54, 1.807) is 7.05 Å². The number of aromatic nitrogens is 2. The lowest BCUT2D eigenvalue weighted by atomic mass is 10.0. The summed E-state index contributed by atoms with van der Waals surface area (Å²) in [5.74, 6) is 2.65. The maximum absolute atomic E-state index is 5.72. The zero-order valence-corrected chi connectivity index (χ0v) is 18.0. The molecule has 7 nitrogen and oxygen atoms in total. The quantitative estimate of drug-likeness (QED) is 0.408. The zero-order valence-electron chi connectivity index (χ0n) is 15.7. The number of imidazole rings is 1. The molecule has 0 fully saturated rings. The highest BCUT2D eigenvalue weighted by Gasteiger charge is 2.21. The van der Waals surface area contributed by atoms with Gasteiger partial charge in [-0.25, -0.2) is 4.98 Å². The Morgan fingerprint density at radius 1 is 1.38 bits per heavy atom. The lowest BCUT2D eigenvalue weighted by Gasteiger charge is -2.28. The third kappa shape index (κ3) is 4.40. The molecule has 0 saturated carbocycles. The fourth-order valence-corrected chi connectivity index (χ4v) is 3.04. The largest absolute Gasteiger partial charge is 0.493 e.